The van der Waals surface area contributed by atoms with E-state index in [0.29, 0.717) is 6.04 Å². The average Bonchev–Trinajstić information content (AvgIpc) is 2.66. The molecule has 2 rings (SSSR count). The molecule has 2 heteroatoms. The second-order valence-corrected chi connectivity index (χ2v) is 6.98. The van der Waals surface area contributed by atoms with Gasteiger partial charge in [0.25, 0.3) is 0 Å². The Morgan fingerprint density at radius 1 is 1.24 bits per heavy atom. The molecule has 118 valence electrons. The van der Waals surface area contributed by atoms with Crippen LogP contribution in [0.2, 0.25) is 0 Å². The van der Waals surface area contributed by atoms with Gasteiger partial charge in [-0.15, -0.1) is 0 Å². The van der Waals surface area contributed by atoms with E-state index in [9.17, 15) is 0 Å². The van der Waals surface area contributed by atoms with E-state index in [2.05, 4.69) is 62.2 Å². The predicted octanol–water partition coefficient (Wildman–Crippen LogP) is 4.45. The van der Waals surface area contributed by atoms with E-state index >= 15 is 0 Å². The average molecular weight is 288 g/mol. The zero-order chi connectivity index (χ0) is 15.2. The van der Waals surface area contributed by atoms with Crippen LogP contribution in [0, 0.1) is 11.8 Å². The molecule has 2 nitrogen and oxygen atoms in total. The number of benzene rings is 1. The molecule has 0 spiro atoms. The monoisotopic (exact) mass is 288 g/mol. The first-order valence-corrected chi connectivity index (χ1v) is 8.68. The molecule has 1 N–H and O–H groups in total. The number of rotatable bonds is 6. The Kier molecular flexibility index (Phi) is 6.10. The van der Waals surface area contributed by atoms with Crippen molar-refractivity contribution in [2.45, 2.75) is 59.5 Å². The van der Waals surface area contributed by atoms with Gasteiger partial charge in [-0.3, -0.25) is 0 Å². The standard InChI is InChI=1S/C19H32N2/c1-5-16(4)18-14-21(12-8-9-15(2)3)19-11-7-6-10-17(19)13-20-18/h6-7,10-11,15-16,18,20H,5,8-9,12-14H2,1-4H3. The van der Waals surface area contributed by atoms with E-state index < -0.39 is 0 Å². The maximum Gasteiger partial charge on any atom is 0.0412 e. The van der Waals surface area contributed by atoms with Crippen LogP contribution in [-0.2, 0) is 6.54 Å². The van der Waals surface area contributed by atoms with E-state index in [1.165, 1.54) is 37.1 Å². The minimum absolute atomic E-state index is 0.599. The summed E-state index contributed by atoms with van der Waals surface area (Å²) in [6.45, 7) is 12.6. The van der Waals surface area contributed by atoms with E-state index in [1.54, 1.807) is 0 Å². The summed E-state index contributed by atoms with van der Waals surface area (Å²) in [6, 6.07) is 9.51. The predicted molar refractivity (Wildman–Crippen MR) is 92.8 cm³/mol. The van der Waals surface area contributed by atoms with Crippen LogP contribution in [0.1, 0.15) is 52.5 Å². The maximum atomic E-state index is 3.78. The lowest BCUT2D eigenvalue weighted by Gasteiger charge is -2.30. The summed E-state index contributed by atoms with van der Waals surface area (Å²) in [5.41, 5.74) is 2.90. The molecule has 0 radical (unpaired) electrons. The number of fused-ring (bicyclic) bond motifs is 1. The molecule has 0 bridgehead atoms. The summed E-state index contributed by atoms with van der Waals surface area (Å²) in [5.74, 6) is 1.53. The lowest BCUT2D eigenvalue weighted by Crippen LogP contribution is -2.42. The second-order valence-electron chi connectivity index (χ2n) is 6.98. The first-order chi connectivity index (χ1) is 10.1. The van der Waals surface area contributed by atoms with E-state index in [1.807, 2.05) is 0 Å². The summed E-state index contributed by atoms with van der Waals surface area (Å²) < 4.78 is 0. The van der Waals surface area contributed by atoms with Crippen molar-refractivity contribution in [1.82, 2.24) is 5.32 Å². The molecule has 0 saturated heterocycles. The Bertz CT molecular complexity index is 427. The summed E-state index contributed by atoms with van der Waals surface area (Å²) in [7, 11) is 0. The molecule has 0 aromatic heterocycles. The smallest absolute Gasteiger partial charge is 0.0412 e. The van der Waals surface area contributed by atoms with Gasteiger partial charge in [0, 0.05) is 31.4 Å². The molecule has 21 heavy (non-hydrogen) atoms. The molecule has 0 aliphatic carbocycles. The van der Waals surface area contributed by atoms with Crippen molar-refractivity contribution >= 4 is 5.69 Å². The summed E-state index contributed by atoms with van der Waals surface area (Å²) >= 11 is 0. The number of nitrogens with zero attached hydrogens (tertiary/aromatic N) is 1. The van der Waals surface area contributed by atoms with Gasteiger partial charge in [0.15, 0.2) is 0 Å². The molecule has 1 aliphatic rings. The minimum Gasteiger partial charge on any atom is -0.370 e. The van der Waals surface area contributed by atoms with Crippen molar-refractivity contribution in [3.05, 3.63) is 29.8 Å². The molecule has 1 aliphatic heterocycles. The van der Waals surface area contributed by atoms with Gasteiger partial charge in [-0.1, -0.05) is 52.3 Å². The van der Waals surface area contributed by atoms with Crippen molar-refractivity contribution in [2.24, 2.45) is 11.8 Å². The number of hydrogen-bond acceptors (Lipinski definition) is 2. The first kappa shape index (κ1) is 16.4. The zero-order valence-electron chi connectivity index (χ0n) is 14.2. The fourth-order valence-corrected chi connectivity index (χ4v) is 3.18. The van der Waals surface area contributed by atoms with E-state index in [4.69, 9.17) is 0 Å². The molecule has 2 unspecified atom stereocenters. The third-order valence-corrected chi connectivity index (χ3v) is 4.84. The molecule has 1 aromatic rings. The van der Waals surface area contributed by atoms with Gasteiger partial charge in [-0.05, 0) is 36.3 Å². The van der Waals surface area contributed by atoms with Crippen LogP contribution in [0.15, 0.2) is 24.3 Å². The van der Waals surface area contributed by atoms with Gasteiger partial charge >= 0.3 is 0 Å². The topological polar surface area (TPSA) is 15.3 Å². The van der Waals surface area contributed by atoms with Crippen LogP contribution in [0.5, 0.6) is 0 Å². The van der Waals surface area contributed by atoms with E-state index in [0.717, 1.165) is 24.9 Å². The largest absolute Gasteiger partial charge is 0.370 e. The highest BCUT2D eigenvalue weighted by Crippen LogP contribution is 2.26. The number of nitrogens with one attached hydrogen (secondary N) is 1. The number of anilines is 1. The SMILES string of the molecule is CCC(C)C1CN(CCCC(C)C)c2ccccc2CN1. The van der Waals surface area contributed by atoms with Crippen molar-refractivity contribution in [3.63, 3.8) is 0 Å². The Balaban J connectivity index is 2.11. The third-order valence-electron chi connectivity index (χ3n) is 4.84. The van der Waals surface area contributed by atoms with Gasteiger partial charge in [-0.2, -0.15) is 0 Å². The fourth-order valence-electron chi connectivity index (χ4n) is 3.18. The molecule has 0 fully saturated rings. The van der Waals surface area contributed by atoms with Crippen LogP contribution in [0.25, 0.3) is 0 Å². The highest BCUT2D eigenvalue weighted by Gasteiger charge is 2.24. The van der Waals surface area contributed by atoms with Crippen LogP contribution in [0.3, 0.4) is 0 Å². The van der Waals surface area contributed by atoms with Gasteiger partial charge in [0.2, 0.25) is 0 Å². The van der Waals surface area contributed by atoms with Crippen molar-refractivity contribution < 1.29 is 0 Å². The van der Waals surface area contributed by atoms with Gasteiger partial charge < -0.3 is 10.2 Å². The number of hydrogen-bond donors (Lipinski definition) is 1. The highest BCUT2D eigenvalue weighted by molar-refractivity contribution is 5.54. The van der Waals surface area contributed by atoms with Gasteiger partial charge in [0.1, 0.15) is 0 Å². The van der Waals surface area contributed by atoms with E-state index in [-0.39, 0.29) is 0 Å². The minimum atomic E-state index is 0.599. The lowest BCUT2D eigenvalue weighted by atomic mass is 9.98. The maximum absolute atomic E-state index is 3.78. The van der Waals surface area contributed by atoms with Crippen LogP contribution < -0.4 is 10.2 Å². The summed E-state index contributed by atoms with van der Waals surface area (Å²) in [6.07, 6.45) is 3.85. The lowest BCUT2D eigenvalue weighted by molar-refractivity contribution is 0.369. The van der Waals surface area contributed by atoms with Crippen molar-refractivity contribution in [1.29, 1.82) is 0 Å². The van der Waals surface area contributed by atoms with Crippen LogP contribution in [-0.4, -0.2) is 19.1 Å². The molecule has 0 saturated carbocycles. The molecule has 2 atom stereocenters. The Morgan fingerprint density at radius 3 is 2.71 bits per heavy atom. The molecule has 1 heterocycles. The second kappa shape index (κ2) is 7.84. The zero-order valence-corrected chi connectivity index (χ0v) is 14.2. The quantitative estimate of drug-likeness (QED) is 0.832. The Morgan fingerprint density at radius 2 is 2.00 bits per heavy atom. The van der Waals surface area contributed by atoms with Crippen LogP contribution in [0.4, 0.5) is 5.69 Å². The molecular formula is C19H32N2. The molecule has 0 amide bonds. The first-order valence-electron chi connectivity index (χ1n) is 8.68. The van der Waals surface area contributed by atoms with Gasteiger partial charge in [-0.25, -0.2) is 0 Å². The normalized spacial score (nSPS) is 20.2. The number of para-hydroxylation sites is 1. The summed E-state index contributed by atoms with van der Waals surface area (Å²) in [4.78, 5) is 2.62. The molecule has 1 aromatic carbocycles. The van der Waals surface area contributed by atoms with Crippen LogP contribution >= 0.6 is 0 Å². The Hall–Kier alpha value is -1.02. The van der Waals surface area contributed by atoms with Gasteiger partial charge in [0.05, 0.1) is 0 Å². The fraction of sp³-hybridized carbons (Fsp3) is 0.684. The third kappa shape index (κ3) is 4.47. The highest BCUT2D eigenvalue weighted by atomic mass is 15.2. The summed E-state index contributed by atoms with van der Waals surface area (Å²) in [5, 5.41) is 3.78. The molecular weight excluding hydrogens is 256 g/mol. The van der Waals surface area contributed by atoms with Crippen molar-refractivity contribution in [3.8, 4) is 0 Å². The van der Waals surface area contributed by atoms with Crippen molar-refractivity contribution in [2.75, 3.05) is 18.0 Å². The Labute approximate surface area is 130 Å².